The van der Waals surface area contributed by atoms with Gasteiger partial charge in [-0.3, -0.25) is 9.59 Å². The smallest absolute Gasteiger partial charge is 0.247 e. The number of para-hydroxylation sites is 2. The second-order valence-electron chi connectivity index (χ2n) is 6.50. The van der Waals surface area contributed by atoms with Crippen LogP contribution in [0.15, 0.2) is 54.6 Å². The van der Waals surface area contributed by atoms with Gasteiger partial charge in [-0.15, -0.1) is 0 Å². The number of hydrogen-bond donors (Lipinski definition) is 2. The molecule has 1 fully saturated rings. The fourth-order valence-corrected chi connectivity index (χ4v) is 3.62. The van der Waals surface area contributed by atoms with Crippen molar-refractivity contribution in [3.05, 3.63) is 65.2 Å². The average Bonchev–Trinajstić information content (AvgIpc) is 3.06. The van der Waals surface area contributed by atoms with Crippen molar-refractivity contribution in [3.63, 3.8) is 0 Å². The number of halogens is 1. The summed E-state index contributed by atoms with van der Waals surface area (Å²) >= 11 is 5.85. The van der Waals surface area contributed by atoms with E-state index in [0.29, 0.717) is 18.0 Å². The minimum absolute atomic E-state index is 0.0165. The molecule has 2 amide bonds. The van der Waals surface area contributed by atoms with Crippen molar-refractivity contribution in [2.24, 2.45) is 0 Å². The van der Waals surface area contributed by atoms with Crippen LogP contribution < -0.4 is 15.5 Å². The Morgan fingerprint density at radius 1 is 1.19 bits per heavy atom. The van der Waals surface area contributed by atoms with Gasteiger partial charge in [-0.1, -0.05) is 35.9 Å². The maximum absolute atomic E-state index is 12.3. The van der Waals surface area contributed by atoms with Gasteiger partial charge in [0, 0.05) is 23.7 Å². The highest BCUT2D eigenvalue weighted by molar-refractivity contribution is 6.30. The first kappa shape index (κ1) is 16.7. The van der Waals surface area contributed by atoms with Gasteiger partial charge in [-0.2, -0.15) is 0 Å². The molecule has 2 atom stereocenters. The van der Waals surface area contributed by atoms with E-state index in [0.717, 1.165) is 16.9 Å². The third kappa shape index (κ3) is 3.30. The quantitative estimate of drug-likeness (QED) is 0.819. The van der Waals surface area contributed by atoms with E-state index in [1.807, 2.05) is 36.4 Å². The number of nitrogens with zero attached hydrogens (tertiary/aromatic N) is 1. The van der Waals surface area contributed by atoms with Crippen LogP contribution in [0, 0.1) is 0 Å². The fraction of sp³-hybridized carbons (Fsp3) is 0.200. The van der Waals surface area contributed by atoms with E-state index in [9.17, 15) is 9.59 Å². The van der Waals surface area contributed by atoms with Crippen LogP contribution in [0.1, 0.15) is 12.0 Å². The summed E-state index contributed by atoms with van der Waals surface area (Å²) < 4.78 is 0. The van der Waals surface area contributed by atoms with Crippen molar-refractivity contribution >= 4 is 40.9 Å². The number of hydrogen-bond acceptors (Lipinski definition) is 3. The van der Waals surface area contributed by atoms with Crippen molar-refractivity contribution in [3.8, 4) is 0 Å². The molecular formula is C20H18ClN3O2. The summed E-state index contributed by atoms with van der Waals surface area (Å²) in [6.45, 7) is 0.621. The third-order valence-corrected chi connectivity index (χ3v) is 4.97. The molecule has 2 aromatic carbocycles. The molecule has 26 heavy (non-hydrogen) atoms. The Labute approximate surface area is 156 Å². The lowest BCUT2D eigenvalue weighted by atomic mass is 10.1. The van der Waals surface area contributed by atoms with Crippen LogP contribution in [0.25, 0.3) is 6.08 Å². The summed E-state index contributed by atoms with van der Waals surface area (Å²) in [6.07, 6.45) is 3.85. The molecule has 0 bridgehead atoms. The van der Waals surface area contributed by atoms with Crippen LogP contribution in [-0.2, 0) is 9.59 Å². The lowest BCUT2D eigenvalue weighted by Gasteiger charge is -2.32. The summed E-state index contributed by atoms with van der Waals surface area (Å²) in [5, 5.41) is 6.59. The molecule has 0 aliphatic carbocycles. The third-order valence-electron chi connectivity index (χ3n) is 4.72. The van der Waals surface area contributed by atoms with Crippen LogP contribution in [-0.4, -0.2) is 30.4 Å². The maximum Gasteiger partial charge on any atom is 0.247 e. The largest absolute Gasteiger partial charge is 0.356 e. The molecule has 6 heteroatoms. The van der Waals surface area contributed by atoms with Gasteiger partial charge in [-0.25, -0.2) is 0 Å². The van der Waals surface area contributed by atoms with Crippen molar-refractivity contribution < 1.29 is 9.59 Å². The number of fused-ring (bicyclic) bond motifs is 3. The van der Waals surface area contributed by atoms with Crippen molar-refractivity contribution in [1.82, 2.24) is 5.32 Å². The average molecular weight is 368 g/mol. The summed E-state index contributed by atoms with van der Waals surface area (Å²) in [7, 11) is 0. The Hall–Kier alpha value is -2.79. The minimum atomic E-state index is -0.240. The van der Waals surface area contributed by atoms with Gasteiger partial charge in [0.1, 0.15) is 6.04 Å². The second-order valence-corrected chi connectivity index (χ2v) is 6.94. The molecule has 132 valence electrons. The van der Waals surface area contributed by atoms with Crippen LogP contribution in [0.5, 0.6) is 0 Å². The molecule has 0 saturated carbocycles. The molecular weight excluding hydrogens is 350 g/mol. The molecule has 2 heterocycles. The van der Waals surface area contributed by atoms with Gasteiger partial charge in [-0.05, 0) is 42.3 Å². The van der Waals surface area contributed by atoms with Gasteiger partial charge < -0.3 is 15.5 Å². The van der Waals surface area contributed by atoms with Crippen LogP contribution in [0.3, 0.4) is 0 Å². The lowest BCUT2D eigenvalue weighted by Crippen LogP contribution is -2.43. The highest BCUT2D eigenvalue weighted by atomic mass is 35.5. The number of anilines is 2. The van der Waals surface area contributed by atoms with E-state index in [-0.39, 0.29) is 23.9 Å². The van der Waals surface area contributed by atoms with E-state index in [2.05, 4.69) is 15.5 Å². The van der Waals surface area contributed by atoms with Gasteiger partial charge >= 0.3 is 0 Å². The van der Waals surface area contributed by atoms with Gasteiger partial charge in [0.2, 0.25) is 11.8 Å². The van der Waals surface area contributed by atoms with Crippen molar-refractivity contribution in [1.29, 1.82) is 0 Å². The monoisotopic (exact) mass is 367 g/mol. The normalized spacial score (nSPS) is 21.3. The first-order valence-corrected chi connectivity index (χ1v) is 8.88. The van der Waals surface area contributed by atoms with Gasteiger partial charge in [0.05, 0.1) is 11.4 Å². The second kappa shape index (κ2) is 6.84. The Bertz CT molecular complexity index is 879. The van der Waals surface area contributed by atoms with Gasteiger partial charge in [0.15, 0.2) is 0 Å². The highest BCUT2D eigenvalue weighted by Crippen LogP contribution is 2.36. The van der Waals surface area contributed by atoms with Gasteiger partial charge in [0.25, 0.3) is 0 Å². The summed E-state index contributed by atoms with van der Waals surface area (Å²) in [5.41, 5.74) is 2.73. The molecule has 0 spiro atoms. The number of benzene rings is 2. The Morgan fingerprint density at radius 3 is 2.77 bits per heavy atom. The highest BCUT2D eigenvalue weighted by Gasteiger charge is 2.41. The van der Waals surface area contributed by atoms with E-state index in [4.69, 9.17) is 11.6 Å². The molecule has 2 unspecified atom stereocenters. The summed E-state index contributed by atoms with van der Waals surface area (Å²) in [4.78, 5) is 26.6. The fourth-order valence-electron chi connectivity index (χ4n) is 3.50. The SMILES string of the molecule is O=C(C=Cc1ccc(Cl)cc1)NC1CC2C(=O)Nc3ccccc3N2C1. The predicted molar refractivity (Wildman–Crippen MR) is 103 cm³/mol. The zero-order chi connectivity index (χ0) is 18.1. The topological polar surface area (TPSA) is 61.4 Å². The molecule has 1 saturated heterocycles. The molecule has 2 aliphatic rings. The van der Waals surface area contributed by atoms with Crippen LogP contribution >= 0.6 is 11.6 Å². The molecule has 0 radical (unpaired) electrons. The molecule has 2 N–H and O–H groups in total. The maximum atomic E-state index is 12.3. The molecule has 5 nitrogen and oxygen atoms in total. The van der Waals surface area contributed by atoms with Crippen molar-refractivity contribution in [2.45, 2.75) is 18.5 Å². The number of rotatable bonds is 3. The minimum Gasteiger partial charge on any atom is -0.356 e. The molecule has 4 rings (SSSR count). The lowest BCUT2D eigenvalue weighted by molar-refractivity contribution is -0.118. The Morgan fingerprint density at radius 2 is 1.96 bits per heavy atom. The number of carbonyl (C=O) groups is 2. The number of amides is 2. The zero-order valence-electron chi connectivity index (χ0n) is 14.0. The van der Waals surface area contributed by atoms with E-state index < -0.39 is 0 Å². The standard InChI is InChI=1S/C20H18ClN3O2/c21-14-8-5-13(6-9-14)7-10-19(25)22-15-11-18-20(26)23-16-3-1-2-4-17(16)24(18)12-15/h1-10,15,18H,11-12H2,(H,22,25)(H,23,26). The van der Waals surface area contributed by atoms with E-state index in [1.54, 1.807) is 18.2 Å². The van der Waals surface area contributed by atoms with Crippen LogP contribution in [0.2, 0.25) is 5.02 Å². The molecule has 2 aliphatic heterocycles. The Balaban J connectivity index is 1.42. The molecule has 0 aromatic heterocycles. The van der Waals surface area contributed by atoms with E-state index >= 15 is 0 Å². The number of carbonyl (C=O) groups excluding carboxylic acids is 2. The van der Waals surface area contributed by atoms with Crippen molar-refractivity contribution in [2.75, 3.05) is 16.8 Å². The van der Waals surface area contributed by atoms with Crippen LogP contribution in [0.4, 0.5) is 11.4 Å². The Kier molecular flexibility index (Phi) is 4.39. The first-order valence-electron chi connectivity index (χ1n) is 8.51. The van der Waals surface area contributed by atoms with E-state index in [1.165, 1.54) is 6.08 Å². The zero-order valence-corrected chi connectivity index (χ0v) is 14.7. The first-order chi connectivity index (χ1) is 12.6. The summed E-state index contributed by atoms with van der Waals surface area (Å²) in [5.74, 6) is -0.185. The number of nitrogens with one attached hydrogen (secondary N) is 2. The summed E-state index contributed by atoms with van der Waals surface area (Å²) in [6, 6.07) is 14.7. The molecule has 2 aromatic rings. The predicted octanol–water partition coefficient (Wildman–Crippen LogP) is 3.07.